The molecule has 0 bridgehead atoms. The number of hydrogen-bond acceptors (Lipinski definition) is 3. The van der Waals surface area contributed by atoms with Crippen molar-refractivity contribution in [2.75, 3.05) is 0 Å². The van der Waals surface area contributed by atoms with E-state index >= 15 is 0 Å². The summed E-state index contributed by atoms with van der Waals surface area (Å²) in [7, 11) is 0. The lowest BCUT2D eigenvalue weighted by Gasteiger charge is -2.19. The number of hydrogen-bond donors (Lipinski definition) is 3. The number of nitrogens with two attached hydrogens (primary N) is 1. The summed E-state index contributed by atoms with van der Waals surface area (Å²) >= 11 is 0. The first-order valence-electron chi connectivity index (χ1n) is 6.30. The van der Waals surface area contributed by atoms with Crippen LogP contribution >= 0.6 is 0 Å². The second-order valence-electron chi connectivity index (χ2n) is 4.83. The summed E-state index contributed by atoms with van der Waals surface area (Å²) in [6.07, 6.45) is 4.58. The quantitative estimate of drug-likeness (QED) is 0.589. The molecule has 0 saturated heterocycles. The number of amides is 1. The molecule has 5 nitrogen and oxygen atoms in total. The van der Waals surface area contributed by atoms with Gasteiger partial charge in [-0.3, -0.25) is 9.59 Å². The molecule has 1 rings (SSSR count). The van der Waals surface area contributed by atoms with Gasteiger partial charge in [0.1, 0.15) is 0 Å². The van der Waals surface area contributed by atoms with Gasteiger partial charge in [-0.1, -0.05) is 19.8 Å². The Balaban J connectivity index is 2.26. The molecule has 1 aliphatic carbocycles. The van der Waals surface area contributed by atoms with Crippen LogP contribution in [0.5, 0.6) is 0 Å². The number of carbonyl (C=O) groups is 2. The fourth-order valence-corrected chi connectivity index (χ4v) is 1.80. The van der Waals surface area contributed by atoms with Crippen molar-refractivity contribution in [2.45, 2.75) is 57.5 Å². The van der Waals surface area contributed by atoms with Gasteiger partial charge in [0.25, 0.3) is 0 Å². The Morgan fingerprint density at radius 1 is 1.47 bits per heavy atom. The van der Waals surface area contributed by atoms with E-state index in [4.69, 9.17) is 10.8 Å². The van der Waals surface area contributed by atoms with Gasteiger partial charge in [-0.05, 0) is 25.2 Å². The predicted octanol–water partition coefficient (Wildman–Crippen LogP) is 0.873. The summed E-state index contributed by atoms with van der Waals surface area (Å²) in [5.41, 5.74) is 5.64. The largest absolute Gasteiger partial charge is 0.481 e. The molecule has 0 aromatic heterocycles. The van der Waals surface area contributed by atoms with Crippen LogP contribution in [0.25, 0.3) is 0 Å². The second kappa shape index (κ2) is 6.59. The van der Waals surface area contributed by atoms with Crippen LogP contribution in [0.3, 0.4) is 0 Å². The van der Waals surface area contributed by atoms with E-state index in [1.165, 1.54) is 12.8 Å². The normalized spacial score (nSPS) is 18.5. The smallest absolute Gasteiger partial charge is 0.303 e. The van der Waals surface area contributed by atoms with Gasteiger partial charge < -0.3 is 16.2 Å². The van der Waals surface area contributed by atoms with Crippen LogP contribution in [0.1, 0.15) is 45.4 Å². The summed E-state index contributed by atoms with van der Waals surface area (Å²) in [4.78, 5) is 22.1. The standard InChI is InChI=1S/C12H22N2O3/c1-2-9(7-8-3-4-8)14-12(17)10(13)5-6-11(15)16/h8-10H,2-7,13H2,1H3,(H,14,17)(H,15,16). The number of nitrogens with one attached hydrogen (secondary N) is 1. The van der Waals surface area contributed by atoms with Crippen LogP contribution in [0.15, 0.2) is 0 Å². The van der Waals surface area contributed by atoms with E-state index < -0.39 is 12.0 Å². The molecule has 1 saturated carbocycles. The summed E-state index contributed by atoms with van der Waals surface area (Å²) in [6, 6.07) is -0.523. The van der Waals surface area contributed by atoms with Crippen LogP contribution in [-0.4, -0.2) is 29.1 Å². The Bertz CT molecular complexity index is 277. The van der Waals surface area contributed by atoms with E-state index in [1.54, 1.807) is 0 Å². The molecule has 0 radical (unpaired) electrons. The molecule has 4 N–H and O–H groups in total. The molecule has 0 spiro atoms. The highest BCUT2D eigenvalue weighted by Gasteiger charge is 2.26. The molecule has 17 heavy (non-hydrogen) atoms. The average molecular weight is 242 g/mol. The highest BCUT2D eigenvalue weighted by Crippen LogP contribution is 2.34. The van der Waals surface area contributed by atoms with Crippen molar-refractivity contribution < 1.29 is 14.7 Å². The Labute approximate surface area is 102 Å². The average Bonchev–Trinajstić information content (AvgIpc) is 3.08. The Hall–Kier alpha value is -1.10. The Morgan fingerprint density at radius 3 is 2.59 bits per heavy atom. The monoisotopic (exact) mass is 242 g/mol. The van der Waals surface area contributed by atoms with E-state index in [9.17, 15) is 9.59 Å². The van der Waals surface area contributed by atoms with Gasteiger partial charge in [0.05, 0.1) is 6.04 Å². The van der Waals surface area contributed by atoms with Crippen molar-refractivity contribution in [1.82, 2.24) is 5.32 Å². The lowest BCUT2D eigenvalue weighted by molar-refractivity contribution is -0.137. The lowest BCUT2D eigenvalue weighted by atomic mass is 10.1. The molecule has 0 aliphatic heterocycles. The van der Waals surface area contributed by atoms with Crippen molar-refractivity contribution in [2.24, 2.45) is 11.7 Å². The Morgan fingerprint density at radius 2 is 2.12 bits per heavy atom. The first kappa shape index (κ1) is 14.0. The zero-order chi connectivity index (χ0) is 12.8. The lowest BCUT2D eigenvalue weighted by Crippen LogP contribution is -2.45. The molecule has 1 fully saturated rings. The zero-order valence-electron chi connectivity index (χ0n) is 10.3. The molecule has 0 aromatic rings. The number of carboxylic acids is 1. The number of carboxylic acid groups (broad SMARTS) is 1. The maximum absolute atomic E-state index is 11.7. The Kier molecular flexibility index (Phi) is 5.41. The molecule has 2 atom stereocenters. The van der Waals surface area contributed by atoms with Crippen LogP contribution in [0.2, 0.25) is 0 Å². The van der Waals surface area contributed by atoms with Gasteiger partial charge in [0.2, 0.25) is 5.91 Å². The minimum Gasteiger partial charge on any atom is -0.481 e. The summed E-state index contributed by atoms with van der Waals surface area (Å²) in [6.45, 7) is 2.04. The summed E-state index contributed by atoms with van der Waals surface area (Å²) < 4.78 is 0. The topological polar surface area (TPSA) is 92.4 Å². The van der Waals surface area contributed by atoms with Crippen LogP contribution < -0.4 is 11.1 Å². The fraction of sp³-hybridized carbons (Fsp3) is 0.833. The van der Waals surface area contributed by atoms with Gasteiger partial charge in [-0.25, -0.2) is 0 Å². The van der Waals surface area contributed by atoms with E-state index in [2.05, 4.69) is 5.32 Å². The fourth-order valence-electron chi connectivity index (χ4n) is 1.80. The third kappa shape index (κ3) is 5.68. The minimum atomic E-state index is -0.918. The summed E-state index contributed by atoms with van der Waals surface area (Å²) in [5.74, 6) is -0.382. The predicted molar refractivity (Wildman–Crippen MR) is 64.4 cm³/mol. The number of rotatable bonds is 8. The molecule has 5 heteroatoms. The van der Waals surface area contributed by atoms with Crippen LogP contribution in [-0.2, 0) is 9.59 Å². The van der Waals surface area contributed by atoms with Gasteiger partial charge in [-0.2, -0.15) is 0 Å². The highest BCUT2D eigenvalue weighted by molar-refractivity contribution is 5.82. The molecule has 1 aliphatic rings. The zero-order valence-corrected chi connectivity index (χ0v) is 10.3. The van der Waals surface area contributed by atoms with Crippen molar-refractivity contribution in [3.63, 3.8) is 0 Å². The number of carbonyl (C=O) groups excluding carboxylic acids is 1. The van der Waals surface area contributed by atoms with Gasteiger partial charge >= 0.3 is 5.97 Å². The van der Waals surface area contributed by atoms with E-state index in [0.29, 0.717) is 0 Å². The molecule has 2 unspecified atom stereocenters. The van der Waals surface area contributed by atoms with Crippen molar-refractivity contribution >= 4 is 11.9 Å². The third-order valence-electron chi connectivity index (χ3n) is 3.16. The molecule has 1 amide bonds. The van der Waals surface area contributed by atoms with E-state index in [-0.39, 0.29) is 24.8 Å². The molecular formula is C12H22N2O3. The van der Waals surface area contributed by atoms with Gasteiger partial charge in [0, 0.05) is 12.5 Å². The molecule has 0 heterocycles. The van der Waals surface area contributed by atoms with E-state index in [1.807, 2.05) is 6.92 Å². The SMILES string of the molecule is CCC(CC1CC1)NC(=O)C(N)CCC(=O)O. The maximum atomic E-state index is 11.7. The van der Waals surface area contributed by atoms with Crippen molar-refractivity contribution in [3.8, 4) is 0 Å². The van der Waals surface area contributed by atoms with E-state index in [0.717, 1.165) is 18.8 Å². The first-order chi connectivity index (χ1) is 8.02. The first-order valence-corrected chi connectivity index (χ1v) is 6.30. The minimum absolute atomic E-state index is 0.0615. The van der Waals surface area contributed by atoms with Crippen LogP contribution in [0.4, 0.5) is 0 Å². The second-order valence-corrected chi connectivity index (χ2v) is 4.83. The van der Waals surface area contributed by atoms with Crippen molar-refractivity contribution in [1.29, 1.82) is 0 Å². The van der Waals surface area contributed by atoms with Crippen LogP contribution in [0, 0.1) is 5.92 Å². The van der Waals surface area contributed by atoms with Crippen molar-refractivity contribution in [3.05, 3.63) is 0 Å². The third-order valence-corrected chi connectivity index (χ3v) is 3.16. The molecule has 98 valence electrons. The maximum Gasteiger partial charge on any atom is 0.303 e. The van der Waals surface area contributed by atoms with Gasteiger partial charge in [0.15, 0.2) is 0 Å². The summed E-state index contributed by atoms with van der Waals surface area (Å²) in [5, 5.41) is 11.4. The molecule has 0 aromatic carbocycles. The number of aliphatic carboxylic acids is 1. The van der Waals surface area contributed by atoms with Gasteiger partial charge in [-0.15, -0.1) is 0 Å². The highest BCUT2D eigenvalue weighted by atomic mass is 16.4. The molecular weight excluding hydrogens is 220 g/mol.